The molecule has 2 unspecified atom stereocenters. The van der Waals surface area contributed by atoms with Gasteiger partial charge in [-0.2, -0.15) is 0 Å². The van der Waals surface area contributed by atoms with E-state index in [2.05, 4.69) is 11.7 Å². The van der Waals surface area contributed by atoms with Crippen molar-refractivity contribution < 1.29 is 37.3 Å². The second kappa shape index (κ2) is 21.4. The zero-order valence-corrected chi connectivity index (χ0v) is 20.1. The van der Waals surface area contributed by atoms with Crippen molar-refractivity contribution in [3.8, 4) is 0 Å². The summed E-state index contributed by atoms with van der Waals surface area (Å²) in [7, 11) is 0. The zero-order chi connectivity index (χ0) is 21.9. The molecule has 0 aliphatic rings. The Morgan fingerprint density at radius 1 is 0.700 bits per heavy atom. The van der Waals surface area contributed by atoms with Crippen molar-refractivity contribution in [2.24, 2.45) is 0 Å². The van der Waals surface area contributed by atoms with Crippen molar-refractivity contribution in [3.63, 3.8) is 0 Å². The van der Waals surface area contributed by atoms with Crippen molar-refractivity contribution >= 4 is 41.0 Å². The molecule has 0 aliphatic carbocycles. The number of carboxylic acid groups (broad SMARTS) is 2. The Bertz CT molecular complexity index is 468. The van der Waals surface area contributed by atoms with Gasteiger partial charge in [-0.3, -0.25) is 4.79 Å². The third kappa shape index (κ3) is 17.9. The molecule has 0 radical (unpaired) electrons. The van der Waals surface area contributed by atoms with Gasteiger partial charge in [0.25, 0.3) is 0 Å². The van der Waals surface area contributed by atoms with Gasteiger partial charge in [-0.25, -0.2) is 9.59 Å². The van der Waals surface area contributed by atoms with Gasteiger partial charge in [0.05, 0.1) is 0 Å². The Morgan fingerprint density at radius 2 is 1.07 bits per heavy atom. The molecule has 30 heavy (non-hydrogen) atoms. The van der Waals surface area contributed by atoms with Crippen LogP contribution in [-0.4, -0.2) is 68.5 Å². The second-order valence-corrected chi connectivity index (χ2v) is 7.73. The zero-order valence-electron chi connectivity index (χ0n) is 20.7. The molecular weight excluding hydrogens is 401 g/mol. The van der Waals surface area contributed by atoms with Gasteiger partial charge in [0.15, 0.2) is 6.10 Å². The van der Waals surface area contributed by atoms with Gasteiger partial charge in [0.1, 0.15) is 0 Å². The first-order chi connectivity index (χ1) is 13.9. The van der Waals surface area contributed by atoms with Crippen LogP contribution in [0.3, 0.4) is 0 Å². The molecule has 7 nitrogen and oxygen atoms in total. The predicted molar refractivity (Wildman–Crippen MR) is 119 cm³/mol. The summed E-state index contributed by atoms with van der Waals surface area (Å²) in [5.41, 5.74) is 0. The van der Waals surface area contributed by atoms with Gasteiger partial charge in [-0.05, 0) is 6.42 Å². The smallest absolute Gasteiger partial charge is 1.00 e. The van der Waals surface area contributed by atoms with Gasteiger partial charge in [0, 0.05) is 6.42 Å². The number of aliphatic hydroxyl groups is 1. The van der Waals surface area contributed by atoms with Gasteiger partial charge >= 0.3 is 41.0 Å². The van der Waals surface area contributed by atoms with Crippen molar-refractivity contribution in [1.82, 2.24) is 0 Å². The first-order valence-electron chi connectivity index (χ1n) is 11.2. The van der Waals surface area contributed by atoms with Gasteiger partial charge in [-0.15, -0.1) is 0 Å². The van der Waals surface area contributed by atoms with Crippen LogP contribution in [-0.2, 0) is 19.1 Å². The summed E-state index contributed by atoms with van der Waals surface area (Å²) in [4.78, 5) is 33.2. The monoisotopic (exact) mass is 442 g/mol. The molecule has 3 N–H and O–H groups in total. The molecule has 0 aromatic carbocycles. The number of carbonyl (C=O) groups excluding carboxylic acids is 1. The average molecular weight is 443 g/mol. The minimum atomic E-state index is -2.27. The number of carboxylic acids is 2. The van der Waals surface area contributed by atoms with Gasteiger partial charge < -0.3 is 22.9 Å². The molecule has 0 heterocycles. The molecular formula is C22H42MgO7. The fourth-order valence-corrected chi connectivity index (χ4v) is 3.22. The second-order valence-electron chi connectivity index (χ2n) is 7.73. The Kier molecular flexibility index (Phi) is 22.3. The Labute approximate surface area is 200 Å². The van der Waals surface area contributed by atoms with Crippen LogP contribution in [0, 0.1) is 0 Å². The quantitative estimate of drug-likeness (QED) is 0.144. The van der Waals surface area contributed by atoms with E-state index in [1.807, 2.05) is 0 Å². The third-order valence-corrected chi connectivity index (χ3v) is 5.03. The molecule has 8 heteroatoms. The number of aliphatic hydroxyl groups excluding tert-OH is 1. The summed E-state index contributed by atoms with van der Waals surface area (Å²) < 4.78 is 4.58. The van der Waals surface area contributed by atoms with E-state index in [4.69, 9.17) is 10.2 Å². The van der Waals surface area contributed by atoms with E-state index < -0.39 is 30.1 Å². The number of hydrogen-bond acceptors (Lipinski definition) is 5. The number of rotatable bonds is 20. The number of hydrogen-bond donors (Lipinski definition) is 3. The minimum absolute atomic E-state index is 0. The Morgan fingerprint density at radius 3 is 1.40 bits per heavy atom. The summed E-state index contributed by atoms with van der Waals surface area (Å²) in [6.45, 7) is 2.24. The molecule has 0 rings (SSSR count). The first-order valence-corrected chi connectivity index (χ1v) is 11.2. The molecule has 2 atom stereocenters. The maximum atomic E-state index is 11.6. The molecule has 0 aromatic rings. The molecule has 0 spiro atoms. The first kappa shape index (κ1) is 31.3. The van der Waals surface area contributed by atoms with Crippen molar-refractivity contribution in [1.29, 1.82) is 0 Å². The van der Waals surface area contributed by atoms with Gasteiger partial charge in [-0.1, -0.05) is 96.8 Å². The summed E-state index contributed by atoms with van der Waals surface area (Å²) in [6.07, 6.45) is 13.7. The summed E-state index contributed by atoms with van der Waals surface area (Å²) in [5, 5.41) is 26.7. The third-order valence-electron chi connectivity index (χ3n) is 5.03. The summed E-state index contributed by atoms with van der Waals surface area (Å²) in [6, 6.07) is 0. The summed E-state index contributed by atoms with van der Waals surface area (Å²) >= 11 is 0. The molecule has 0 bridgehead atoms. The van der Waals surface area contributed by atoms with Crippen LogP contribution in [0.25, 0.3) is 0 Å². The molecule has 0 aliphatic heterocycles. The van der Waals surface area contributed by atoms with E-state index in [9.17, 15) is 19.5 Å². The molecule has 0 saturated carbocycles. The normalized spacial score (nSPS) is 12.6. The molecule has 0 fully saturated rings. The van der Waals surface area contributed by atoms with Crippen LogP contribution < -0.4 is 0 Å². The van der Waals surface area contributed by atoms with Crippen LogP contribution in [0.4, 0.5) is 0 Å². The number of esters is 1. The van der Waals surface area contributed by atoms with Crippen LogP contribution in [0.2, 0.25) is 0 Å². The van der Waals surface area contributed by atoms with Crippen LogP contribution in [0.15, 0.2) is 0 Å². The fourth-order valence-electron chi connectivity index (χ4n) is 3.22. The largest absolute Gasteiger partial charge is 2.00 e. The van der Waals surface area contributed by atoms with E-state index in [0.29, 0.717) is 6.42 Å². The van der Waals surface area contributed by atoms with Crippen molar-refractivity contribution in [2.75, 3.05) is 0 Å². The SMILES string of the molecule is CCCCCCCCCCCCCCCCCC(=O)OC(C(=O)O)C(O)C(=O)O.[H-].[H-].[Mg+2]. The predicted octanol–water partition coefficient (Wildman–Crippen LogP) is 4.53. The maximum Gasteiger partial charge on any atom is 2.00 e. The Balaban J connectivity index is -0.00000131. The van der Waals surface area contributed by atoms with E-state index >= 15 is 0 Å². The Hall–Kier alpha value is -0.864. The number of unbranched alkanes of at least 4 members (excludes halogenated alkanes) is 14. The van der Waals surface area contributed by atoms with E-state index in [1.54, 1.807) is 0 Å². The standard InChI is InChI=1S/C22H40O7.Mg.2H/c1-2-3-4-5-6-7-8-9-10-11-12-13-14-15-16-17-18(23)29-20(22(27)28)19(24)21(25)26;;;/h19-20,24H,2-17H2,1H3,(H,25,26)(H,27,28);;;/q;+2;2*-1. The molecule has 0 saturated heterocycles. The minimum Gasteiger partial charge on any atom is -1.00 e. The van der Waals surface area contributed by atoms with Crippen LogP contribution in [0.5, 0.6) is 0 Å². The molecule has 174 valence electrons. The maximum absolute atomic E-state index is 11.6. The topological polar surface area (TPSA) is 121 Å². The molecule has 0 aromatic heterocycles. The van der Waals surface area contributed by atoms with E-state index in [1.165, 1.54) is 70.6 Å². The van der Waals surface area contributed by atoms with Gasteiger partial charge in [0.2, 0.25) is 6.10 Å². The van der Waals surface area contributed by atoms with Crippen LogP contribution >= 0.6 is 0 Å². The molecule has 0 amide bonds. The van der Waals surface area contributed by atoms with E-state index in [0.717, 1.165) is 19.3 Å². The average Bonchev–Trinajstić information content (AvgIpc) is 2.68. The van der Waals surface area contributed by atoms with Crippen molar-refractivity contribution in [3.05, 3.63) is 0 Å². The van der Waals surface area contributed by atoms with E-state index in [-0.39, 0.29) is 32.3 Å². The number of carbonyl (C=O) groups is 3. The number of aliphatic carboxylic acids is 2. The fraction of sp³-hybridized carbons (Fsp3) is 0.864. The van der Waals surface area contributed by atoms with Crippen molar-refractivity contribution in [2.45, 2.75) is 122 Å². The number of ether oxygens (including phenoxy) is 1. The summed E-state index contributed by atoms with van der Waals surface area (Å²) in [5.74, 6) is -4.21. The van der Waals surface area contributed by atoms with Crippen LogP contribution in [0.1, 0.15) is 113 Å².